The fourth-order valence-corrected chi connectivity index (χ4v) is 3.60. The van der Waals surface area contributed by atoms with E-state index in [1.54, 1.807) is 6.92 Å². The van der Waals surface area contributed by atoms with Gasteiger partial charge in [0.25, 0.3) is 0 Å². The van der Waals surface area contributed by atoms with Crippen LogP contribution in [0.4, 0.5) is 4.79 Å². The second-order valence-electron chi connectivity index (χ2n) is 4.73. The summed E-state index contributed by atoms with van der Waals surface area (Å²) in [6.45, 7) is 3.07. The van der Waals surface area contributed by atoms with E-state index in [-0.39, 0.29) is 18.0 Å². The van der Waals surface area contributed by atoms with Gasteiger partial charge in [0.2, 0.25) is 10.0 Å². The van der Waals surface area contributed by atoms with E-state index in [1.165, 1.54) is 33.5 Å². The van der Waals surface area contributed by atoms with Gasteiger partial charge in [0.15, 0.2) is 0 Å². The SMILES string of the molecule is CCOC(=O)N1CCN(S(=O)(=O)c2ccc(C#N)cc2)CC1. The number of ether oxygens (including phenoxy) is 1. The van der Waals surface area contributed by atoms with Gasteiger partial charge in [-0.2, -0.15) is 9.57 Å². The van der Waals surface area contributed by atoms with Gasteiger partial charge in [0.1, 0.15) is 0 Å². The maximum atomic E-state index is 12.5. The quantitative estimate of drug-likeness (QED) is 0.828. The summed E-state index contributed by atoms with van der Waals surface area (Å²) in [7, 11) is -3.60. The lowest BCUT2D eigenvalue weighted by molar-refractivity contribution is 0.0934. The minimum absolute atomic E-state index is 0.149. The topological polar surface area (TPSA) is 90.7 Å². The number of hydrogen-bond acceptors (Lipinski definition) is 5. The van der Waals surface area contributed by atoms with E-state index in [0.717, 1.165) is 0 Å². The van der Waals surface area contributed by atoms with Crippen LogP contribution in [0, 0.1) is 11.3 Å². The first-order chi connectivity index (χ1) is 10.5. The molecule has 0 aliphatic carbocycles. The molecule has 7 nitrogen and oxygen atoms in total. The Labute approximate surface area is 129 Å². The summed E-state index contributed by atoms with van der Waals surface area (Å²) in [6, 6.07) is 7.74. The maximum Gasteiger partial charge on any atom is 0.409 e. The monoisotopic (exact) mass is 323 g/mol. The average molecular weight is 323 g/mol. The fraction of sp³-hybridized carbons (Fsp3) is 0.429. The van der Waals surface area contributed by atoms with Crippen LogP contribution < -0.4 is 0 Å². The van der Waals surface area contributed by atoms with Crippen LogP contribution in [0.25, 0.3) is 0 Å². The molecule has 0 radical (unpaired) electrons. The van der Waals surface area contributed by atoms with Gasteiger partial charge in [-0.25, -0.2) is 13.2 Å². The summed E-state index contributed by atoms with van der Waals surface area (Å²) in [6.07, 6.45) is -0.419. The van der Waals surface area contributed by atoms with E-state index in [0.29, 0.717) is 25.3 Å². The summed E-state index contributed by atoms with van der Waals surface area (Å²) in [5.74, 6) is 0. The molecule has 1 amide bonds. The zero-order valence-corrected chi connectivity index (χ0v) is 13.0. The number of piperazine rings is 1. The Morgan fingerprint density at radius 3 is 2.32 bits per heavy atom. The second-order valence-corrected chi connectivity index (χ2v) is 6.66. The predicted molar refractivity (Wildman–Crippen MR) is 78.5 cm³/mol. The van der Waals surface area contributed by atoms with Crippen molar-refractivity contribution in [2.24, 2.45) is 0 Å². The fourth-order valence-electron chi connectivity index (χ4n) is 2.18. The smallest absolute Gasteiger partial charge is 0.409 e. The Hall–Kier alpha value is -2.11. The standard InChI is InChI=1S/C14H17N3O4S/c1-2-21-14(18)16-7-9-17(10-8-16)22(19,20)13-5-3-12(11-15)4-6-13/h3-6H,2,7-10H2,1H3. The van der Waals surface area contributed by atoms with E-state index in [2.05, 4.69) is 0 Å². The molecule has 2 rings (SSSR count). The Bertz CT molecular complexity index is 671. The van der Waals surface area contributed by atoms with Crippen molar-refractivity contribution in [3.05, 3.63) is 29.8 Å². The molecule has 118 valence electrons. The Morgan fingerprint density at radius 2 is 1.82 bits per heavy atom. The number of carbonyl (C=O) groups is 1. The molecule has 0 unspecified atom stereocenters. The van der Waals surface area contributed by atoms with Gasteiger partial charge >= 0.3 is 6.09 Å². The molecule has 1 aliphatic rings. The molecule has 0 N–H and O–H groups in total. The van der Waals surface area contributed by atoms with Gasteiger partial charge in [0, 0.05) is 26.2 Å². The van der Waals surface area contributed by atoms with Crippen LogP contribution in [-0.2, 0) is 14.8 Å². The largest absolute Gasteiger partial charge is 0.450 e. The third-order valence-electron chi connectivity index (χ3n) is 3.39. The van der Waals surface area contributed by atoms with Crippen LogP contribution in [0.3, 0.4) is 0 Å². The molecule has 1 aromatic carbocycles. The highest BCUT2D eigenvalue weighted by Crippen LogP contribution is 2.18. The molecular weight excluding hydrogens is 306 g/mol. The van der Waals surface area contributed by atoms with Crippen LogP contribution in [0.2, 0.25) is 0 Å². The first kappa shape index (κ1) is 16.3. The predicted octanol–water partition coefficient (Wildman–Crippen LogP) is 1.02. The van der Waals surface area contributed by atoms with E-state index in [4.69, 9.17) is 10.00 Å². The van der Waals surface area contributed by atoms with Crippen molar-refractivity contribution in [2.75, 3.05) is 32.8 Å². The van der Waals surface area contributed by atoms with Crippen LogP contribution >= 0.6 is 0 Å². The maximum absolute atomic E-state index is 12.5. The van der Waals surface area contributed by atoms with Crippen molar-refractivity contribution in [2.45, 2.75) is 11.8 Å². The molecule has 22 heavy (non-hydrogen) atoms. The van der Waals surface area contributed by atoms with Crippen LogP contribution in [0.15, 0.2) is 29.2 Å². The van der Waals surface area contributed by atoms with Crippen LogP contribution in [0.5, 0.6) is 0 Å². The molecular formula is C14H17N3O4S. The van der Waals surface area contributed by atoms with Crippen LogP contribution in [-0.4, -0.2) is 56.5 Å². The molecule has 0 bridgehead atoms. The molecule has 1 aromatic rings. The number of carbonyl (C=O) groups excluding carboxylic acids is 1. The Kier molecular flexibility index (Phi) is 5.00. The Morgan fingerprint density at radius 1 is 1.23 bits per heavy atom. The summed E-state index contributed by atoms with van der Waals surface area (Å²) in [5.41, 5.74) is 0.408. The van der Waals surface area contributed by atoms with Gasteiger partial charge in [-0.05, 0) is 31.2 Å². The number of nitriles is 1. The van der Waals surface area contributed by atoms with E-state index in [9.17, 15) is 13.2 Å². The number of sulfonamides is 1. The van der Waals surface area contributed by atoms with Crippen molar-refractivity contribution in [1.29, 1.82) is 5.26 Å². The highest BCUT2D eigenvalue weighted by molar-refractivity contribution is 7.89. The van der Waals surface area contributed by atoms with Gasteiger partial charge in [-0.1, -0.05) is 0 Å². The molecule has 0 spiro atoms. The number of rotatable bonds is 3. The van der Waals surface area contributed by atoms with E-state index in [1.807, 2.05) is 6.07 Å². The molecule has 0 saturated carbocycles. The Balaban J connectivity index is 2.06. The lowest BCUT2D eigenvalue weighted by Gasteiger charge is -2.33. The first-order valence-corrected chi connectivity index (χ1v) is 8.35. The van der Waals surface area contributed by atoms with Gasteiger partial charge in [-0.3, -0.25) is 0 Å². The summed E-state index contributed by atoms with van der Waals surface area (Å²) >= 11 is 0. The third kappa shape index (κ3) is 3.37. The molecule has 0 aromatic heterocycles. The number of benzene rings is 1. The molecule has 1 saturated heterocycles. The summed E-state index contributed by atoms with van der Waals surface area (Å²) in [5, 5.41) is 8.75. The molecule has 0 atom stereocenters. The number of hydrogen-bond donors (Lipinski definition) is 0. The van der Waals surface area contributed by atoms with Crippen molar-refractivity contribution in [1.82, 2.24) is 9.21 Å². The lowest BCUT2D eigenvalue weighted by atomic mass is 10.2. The molecule has 1 aliphatic heterocycles. The average Bonchev–Trinajstić information content (AvgIpc) is 2.55. The first-order valence-electron chi connectivity index (χ1n) is 6.91. The highest BCUT2D eigenvalue weighted by Gasteiger charge is 2.30. The lowest BCUT2D eigenvalue weighted by Crippen LogP contribution is -2.50. The summed E-state index contributed by atoms with van der Waals surface area (Å²) < 4.78 is 31.2. The van der Waals surface area contributed by atoms with Crippen LogP contribution in [0.1, 0.15) is 12.5 Å². The van der Waals surface area contributed by atoms with Crippen molar-refractivity contribution < 1.29 is 17.9 Å². The zero-order chi connectivity index (χ0) is 16.2. The van der Waals surface area contributed by atoms with Crippen molar-refractivity contribution in [3.8, 4) is 6.07 Å². The molecule has 8 heteroatoms. The minimum Gasteiger partial charge on any atom is -0.450 e. The zero-order valence-electron chi connectivity index (χ0n) is 12.2. The molecule has 1 heterocycles. The van der Waals surface area contributed by atoms with E-state index >= 15 is 0 Å². The minimum atomic E-state index is -3.60. The number of nitrogens with zero attached hydrogens (tertiary/aromatic N) is 3. The summed E-state index contributed by atoms with van der Waals surface area (Å²) in [4.78, 5) is 13.2. The molecule has 1 fully saturated rings. The van der Waals surface area contributed by atoms with Crippen molar-refractivity contribution in [3.63, 3.8) is 0 Å². The second kappa shape index (κ2) is 6.77. The van der Waals surface area contributed by atoms with Gasteiger partial charge in [0.05, 0.1) is 23.1 Å². The van der Waals surface area contributed by atoms with Crippen molar-refractivity contribution >= 4 is 16.1 Å². The third-order valence-corrected chi connectivity index (χ3v) is 5.30. The van der Waals surface area contributed by atoms with Gasteiger partial charge < -0.3 is 9.64 Å². The van der Waals surface area contributed by atoms with Gasteiger partial charge in [-0.15, -0.1) is 0 Å². The highest BCUT2D eigenvalue weighted by atomic mass is 32.2. The number of amides is 1. The van der Waals surface area contributed by atoms with E-state index < -0.39 is 16.1 Å². The normalized spacial score (nSPS) is 16.1.